The lowest BCUT2D eigenvalue weighted by atomic mass is 10.0. The predicted molar refractivity (Wildman–Crippen MR) is 238 cm³/mol. The fraction of sp³-hybridized carbons (Fsp3) is 0.940. The summed E-state index contributed by atoms with van der Waals surface area (Å²) in [5.74, 6) is 1.55. The smallest absolute Gasteiger partial charge is 0.306 e. The summed E-state index contributed by atoms with van der Waals surface area (Å²) in [6, 6.07) is 0. The first-order valence-corrected chi connectivity index (χ1v) is 24.6. The quantitative estimate of drug-likeness (QED) is 0.0348. The minimum absolute atomic E-state index is 0.0659. The molecule has 0 bridgehead atoms. The van der Waals surface area contributed by atoms with Crippen molar-refractivity contribution in [3.05, 3.63) is 0 Å². The van der Waals surface area contributed by atoms with Gasteiger partial charge in [-0.2, -0.15) is 0 Å². The van der Waals surface area contributed by atoms with Crippen molar-refractivity contribution in [3.63, 3.8) is 0 Å². The van der Waals surface area contributed by atoms with Crippen molar-refractivity contribution in [2.75, 3.05) is 13.2 Å². The van der Waals surface area contributed by atoms with Gasteiger partial charge >= 0.3 is 17.9 Å². The molecular weight excluding hydrogens is 697 g/mol. The van der Waals surface area contributed by atoms with Gasteiger partial charge in [-0.05, 0) is 37.0 Å². The van der Waals surface area contributed by atoms with Gasteiger partial charge in [-0.1, -0.05) is 228 Å². The van der Waals surface area contributed by atoms with Gasteiger partial charge in [0.1, 0.15) is 13.2 Å². The Morgan fingerprint density at radius 3 is 0.768 bits per heavy atom. The van der Waals surface area contributed by atoms with Crippen molar-refractivity contribution in [3.8, 4) is 0 Å². The molecule has 0 saturated carbocycles. The Balaban J connectivity index is 4.26. The second-order valence-electron chi connectivity index (χ2n) is 18.5. The van der Waals surface area contributed by atoms with Crippen molar-refractivity contribution in [2.45, 2.75) is 272 Å². The van der Waals surface area contributed by atoms with E-state index in [0.717, 1.165) is 75.5 Å². The number of hydrogen-bond acceptors (Lipinski definition) is 6. The van der Waals surface area contributed by atoms with Crippen LogP contribution >= 0.6 is 0 Å². The maximum Gasteiger partial charge on any atom is 0.306 e. The number of hydrogen-bond donors (Lipinski definition) is 0. The molecular formula is C50H96O6. The second kappa shape index (κ2) is 41.6. The molecule has 0 spiro atoms. The summed E-state index contributed by atoms with van der Waals surface area (Å²) in [5.41, 5.74) is 0. The molecule has 0 aliphatic heterocycles. The minimum atomic E-state index is -0.762. The molecule has 6 heteroatoms. The van der Waals surface area contributed by atoms with Crippen molar-refractivity contribution in [1.82, 2.24) is 0 Å². The highest BCUT2D eigenvalue weighted by Crippen LogP contribution is 2.17. The third-order valence-electron chi connectivity index (χ3n) is 11.1. The van der Waals surface area contributed by atoms with Gasteiger partial charge in [-0.3, -0.25) is 14.4 Å². The Morgan fingerprint density at radius 1 is 0.304 bits per heavy atom. The Kier molecular flexibility index (Phi) is 40.4. The first kappa shape index (κ1) is 54.4. The summed E-state index contributed by atoms with van der Waals surface area (Å²) < 4.78 is 16.7. The zero-order valence-electron chi connectivity index (χ0n) is 38.4. The summed E-state index contributed by atoms with van der Waals surface area (Å²) in [7, 11) is 0. The molecule has 0 aliphatic carbocycles. The lowest BCUT2D eigenvalue weighted by Gasteiger charge is -2.18. The molecule has 56 heavy (non-hydrogen) atoms. The van der Waals surface area contributed by atoms with E-state index in [-0.39, 0.29) is 31.1 Å². The van der Waals surface area contributed by atoms with Gasteiger partial charge in [0.05, 0.1) is 0 Å². The second-order valence-corrected chi connectivity index (χ2v) is 18.5. The molecule has 0 aromatic rings. The van der Waals surface area contributed by atoms with Crippen LogP contribution in [0, 0.1) is 17.8 Å². The van der Waals surface area contributed by atoms with E-state index in [4.69, 9.17) is 14.2 Å². The minimum Gasteiger partial charge on any atom is -0.462 e. The van der Waals surface area contributed by atoms with Crippen LogP contribution in [0.4, 0.5) is 0 Å². The highest BCUT2D eigenvalue weighted by Gasteiger charge is 2.19. The topological polar surface area (TPSA) is 78.9 Å². The number of rotatable bonds is 43. The van der Waals surface area contributed by atoms with Crippen LogP contribution < -0.4 is 0 Å². The molecule has 0 amide bonds. The average molecular weight is 793 g/mol. The summed E-state index contributed by atoms with van der Waals surface area (Å²) in [6.07, 6.45) is 39.6. The van der Waals surface area contributed by atoms with Crippen LogP contribution in [0.3, 0.4) is 0 Å². The zero-order valence-corrected chi connectivity index (χ0v) is 38.4. The van der Waals surface area contributed by atoms with Gasteiger partial charge in [0, 0.05) is 19.3 Å². The van der Waals surface area contributed by atoms with Crippen molar-refractivity contribution in [2.24, 2.45) is 17.8 Å². The number of ether oxygens (including phenoxy) is 3. The van der Waals surface area contributed by atoms with E-state index >= 15 is 0 Å². The molecule has 0 radical (unpaired) electrons. The summed E-state index contributed by atoms with van der Waals surface area (Å²) in [6.45, 7) is 13.6. The fourth-order valence-corrected chi connectivity index (χ4v) is 7.41. The monoisotopic (exact) mass is 793 g/mol. The van der Waals surface area contributed by atoms with E-state index < -0.39 is 6.10 Å². The Morgan fingerprint density at radius 2 is 0.518 bits per heavy atom. The Bertz CT molecular complexity index is 868. The van der Waals surface area contributed by atoms with Crippen LogP contribution in [-0.4, -0.2) is 37.2 Å². The molecule has 1 atom stereocenters. The highest BCUT2D eigenvalue weighted by atomic mass is 16.6. The maximum atomic E-state index is 12.7. The van der Waals surface area contributed by atoms with Crippen LogP contribution in [0.1, 0.15) is 266 Å². The lowest BCUT2D eigenvalue weighted by molar-refractivity contribution is -0.167. The Hall–Kier alpha value is -1.59. The number of esters is 3. The normalized spacial score (nSPS) is 12.2. The predicted octanol–water partition coefficient (Wildman–Crippen LogP) is 15.6. The van der Waals surface area contributed by atoms with Crippen LogP contribution in [0.5, 0.6) is 0 Å². The van der Waals surface area contributed by atoms with Gasteiger partial charge in [-0.15, -0.1) is 0 Å². The number of carbonyl (C=O) groups is 3. The molecule has 0 fully saturated rings. The van der Waals surface area contributed by atoms with Gasteiger partial charge in [0.25, 0.3) is 0 Å². The largest absolute Gasteiger partial charge is 0.462 e. The molecule has 332 valence electrons. The van der Waals surface area contributed by atoms with E-state index in [9.17, 15) is 14.4 Å². The number of carbonyl (C=O) groups excluding carboxylic acids is 3. The van der Waals surface area contributed by atoms with Gasteiger partial charge in [0.15, 0.2) is 6.10 Å². The van der Waals surface area contributed by atoms with Crippen LogP contribution in [0.2, 0.25) is 0 Å². The van der Waals surface area contributed by atoms with E-state index in [1.807, 2.05) is 0 Å². The number of unbranched alkanes of at least 4 members (excludes halogenated alkanes) is 26. The van der Waals surface area contributed by atoms with E-state index in [1.165, 1.54) is 148 Å². The maximum absolute atomic E-state index is 12.7. The molecule has 6 nitrogen and oxygen atoms in total. The molecule has 0 unspecified atom stereocenters. The third kappa shape index (κ3) is 43.5. The average Bonchev–Trinajstić information content (AvgIpc) is 3.15. The summed E-state index contributed by atoms with van der Waals surface area (Å²) in [4.78, 5) is 37.8. The molecule has 0 aromatic heterocycles. The van der Waals surface area contributed by atoms with Crippen LogP contribution in [-0.2, 0) is 28.6 Å². The van der Waals surface area contributed by atoms with Crippen LogP contribution in [0.25, 0.3) is 0 Å². The molecule has 0 heterocycles. The van der Waals surface area contributed by atoms with E-state index in [2.05, 4.69) is 41.5 Å². The van der Waals surface area contributed by atoms with Gasteiger partial charge in [-0.25, -0.2) is 0 Å². The molecule has 0 aliphatic rings. The molecule has 0 N–H and O–H groups in total. The standard InChI is InChI=1S/C50H96O6/c1-44(2)36-30-24-18-14-11-9-7-8-10-12-16-20-27-33-39-48(51)54-42-47(43-55-49(52)40-34-28-23-22-26-32-38-46(5)6)56-50(53)41-35-29-21-17-13-15-19-25-31-37-45(3)4/h44-47H,7-43H2,1-6H3/t47-/m1/s1. The third-order valence-corrected chi connectivity index (χ3v) is 11.1. The van der Waals surface area contributed by atoms with E-state index in [1.54, 1.807) is 0 Å². The zero-order chi connectivity index (χ0) is 41.3. The van der Waals surface area contributed by atoms with E-state index in [0.29, 0.717) is 19.3 Å². The summed E-state index contributed by atoms with van der Waals surface area (Å²) in [5, 5.41) is 0. The first-order valence-electron chi connectivity index (χ1n) is 24.6. The summed E-state index contributed by atoms with van der Waals surface area (Å²) >= 11 is 0. The SMILES string of the molecule is CC(C)CCCCCCCCCCCCCCCCC(=O)OC[C@H](COC(=O)CCCCCCCCC(C)C)OC(=O)CCCCCCCCCCCC(C)C. The van der Waals surface area contributed by atoms with Gasteiger partial charge < -0.3 is 14.2 Å². The molecule has 0 rings (SSSR count). The molecule has 0 saturated heterocycles. The van der Waals surface area contributed by atoms with Crippen molar-refractivity contribution >= 4 is 17.9 Å². The first-order chi connectivity index (χ1) is 27.1. The van der Waals surface area contributed by atoms with Gasteiger partial charge in [0.2, 0.25) is 0 Å². The Labute approximate surface area is 348 Å². The fourth-order valence-electron chi connectivity index (χ4n) is 7.41. The lowest BCUT2D eigenvalue weighted by Crippen LogP contribution is -2.30. The van der Waals surface area contributed by atoms with Crippen LogP contribution in [0.15, 0.2) is 0 Å². The van der Waals surface area contributed by atoms with Crippen molar-refractivity contribution in [1.29, 1.82) is 0 Å². The highest BCUT2D eigenvalue weighted by molar-refractivity contribution is 5.71. The molecule has 0 aromatic carbocycles. The van der Waals surface area contributed by atoms with Crippen molar-refractivity contribution < 1.29 is 28.6 Å².